The van der Waals surface area contributed by atoms with Gasteiger partial charge in [-0.15, -0.1) is 0 Å². The molecule has 0 unspecified atom stereocenters. The van der Waals surface area contributed by atoms with E-state index in [9.17, 15) is 14.7 Å². The van der Waals surface area contributed by atoms with Gasteiger partial charge in [0.25, 0.3) is 0 Å². The number of rotatable bonds is 8. The number of carbonyl (C=O) groups is 2. The maximum absolute atomic E-state index is 12.3. The number of aromatic hydroxyl groups is 1. The topological polar surface area (TPSA) is 92.9 Å². The Morgan fingerprint density at radius 1 is 1.10 bits per heavy atom. The van der Waals surface area contributed by atoms with Crippen LogP contribution in [-0.4, -0.2) is 48.1 Å². The maximum Gasteiger partial charge on any atom is 0.248 e. The van der Waals surface area contributed by atoms with Crippen LogP contribution in [0, 0.1) is 0 Å². The van der Waals surface area contributed by atoms with Crippen LogP contribution in [0.15, 0.2) is 42.5 Å². The number of carbonyl (C=O) groups excluding carboxylic acids is 2. The highest BCUT2D eigenvalue weighted by atomic mass is 16.5. The predicted octanol–water partition coefficient (Wildman–Crippen LogP) is 3.85. The lowest BCUT2D eigenvalue weighted by atomic mass is 9.79. The summed E-state index contributed by atoms with van der Waals surface area (Å²) in [5.41, 5.74) is 8.10. The van der Waals surface area contributed by atoms with E-state index in [0.717, 1.165) is 30.4 Å². The lowest BCUT2D eigenvalue weighted by Gasteiger charge is -2.28. The number of nitrogens with two attached hydrogens (primary N) is 1. The van der Waals surface area contributed by atoms with E-state index < -0.39 is 5.91 Å². The number of ether oxygens (including phenoxy) is 1. The Kier molecular flexibility index (Phi) is 7.33. The minimum Gasteiger partial charge on any atom is -0.507 e. The lowest BCUT2D eigenvalue weighted by molar-refractivity contribution is -0.135. The molecule has 0 radical (unpaired) electrons. The highest BCUT2D eigenvalue weighted by Gasteiger charge is 2.22. The summed E-state index contributed by atoms with van der Waals surface area (Å²) in [6.45, 7) is 6.95. The van der Waals surface area contributed by atoms with Crippen molar-refractivity contribution in [1.29, 1.82) is 0 Å². The van der Waals surface area contributed by atoms with Gasteiger partial charge in [0.15, 0.2) is 0 Å². The van der Waals surface area contributed by atoms with Crippen molar-refractivity contribution < 1.29 is 19.4 Å². The van der Waals surface area contributed by atoms with Crippen molar-refractivity contribution in [2.75, 3.05) is 26.3 Å². The Morgan fingerprint density at radius 2 is 1.84 bits per heavy atom. The zero-order chi connectivity index (χ0) is 22.4. The van der Waals surface area contributed by atoms with Crippen molar-refractivity contribution in [1.82, 2.24) is 4.90 Å². The predicted molar refractivity (Wildman–Crippen MR) is 121 cm³/mol. The largest absolute Gasteiger partial charge is 0.507 e. The van der Waals surface area contributed by atoms with Gasteiger partial charge in [-0.05, 0) is 47.6 Å². The molecule has 1 aliphatic heterocycles. The third kappa shape index (κ3) is 5.85. The number of unbranched alkanes of at least 4 members (excludes halogenated alkanes) is 1. The van der Waals surface area contributed by atoms with Gasteiger partial charge in [0, 0.05) is 30.6 Å². The summed E-state index contributed by atoms with van der Waals surface area (Å²) >= 11 is 0. The minimum absolute atomic E-state index is 0.132. The fourth-order valence-electron chi connectivity index (χ4n) is 4.00. The summed E-state index contributed by atoms with van der Waals surface area (Å²) < 4.78 is 5.30. The van der Waals surface area contributed by atoms with E-state index in [1.165, 1.54) is 0 Å². The monoisotopic (exact) mass is 424 g/mol. The van der Waals surface area contributed by atoms with Crippen LogP contribution in [0.3, 0.4) is 0 Å². The molecule has 6 nitrogen and oxygen atoms in total. The maximum atomic E-state index is 12.3. The first kappa shape index (κ1) is 22.8. The van der Waals surface area contributed by atoms with E-state index in [4.69, 9.17) is 10.5 Å². The number of primary amides is 1. The summed E-state index contributed by atoms with van der Waals surface area (Å²) in [7, 11) is 0. The van der Waals surface area contributed by atoms with Crippen LogP contribution in [0.1, 0.15) is 55.5 Å². The van der Waals surface area contributed by atoms with Crippen LogP contribution < -0.4 is 5.73 Å². The molecule has 2 aromatic carbocycles. The summed E-state index contributed by atoms with van der Waals surface area (Å²) in [5, 5.41) is 10.6. The summed E-state index contributed by atoms with van der Waals surface area (Å²) in [4.78, 5) is 25.6. The van der Waals surface area contributed by atoms with Crippen molar-refractivity contribution in [3.63, 3.8) is 0 Å². The molecular weight excluding hydrogens is 392 g/mol. The van der Waals surface area contributed by atoms with Gasteiger partial charge in [-0.1, -0.05) is 44.5 Å². The van der Waals surface area contributed by atoms with Gasteiger partial charge < -0.3 is 20.5 Å². The summed E-state index contributed by atoms with van der Waals surface area (Å²) in [6.07, 6.45) is 3.27. The molecule has 3 rings (SSSR count). The van der Waals surface area contributed by atoms with Crippen LogP contribution in [-0.2, 0) is 14.9 Å². The molecule has 0 atom stereocenters. The Bertz CT molecular complexity index is 933. The van der Waals surface area contributed by atoms with Gasteiger partial charge in [-0.2, -0.15) is 0 Å². The average Bonchev–Trinajstić information content (AvgIpc) is 2.77. The van der Waals surface area contributed by atoms with Crippen LogP contribution >= 0.6 is 0 Å². The van der Waals surface area contributed by atoms with Crippen LogP contribution in [0.2, 0.25) is 0 Å². The van der Waals surface area contributed by atoms with Crippen LogP contribution in [0.25, 0.3) is 11.1 Å². The second-order valence-electron chi connectivity index (χ2n) is 8.76. The highest BCUT2D eigenvalue weighted by molar-refractivity contribution is 5.94. The van der Waals surface area contributed by atoms with E-state index in [1.54, 1.807) is 24.3 Å². The molecule has 31 heavy (non-hydrogen) atoms. The molecule has 0 bridgehead atoms. The smallest absolute Gasteiger partial charge is 0.248 e. The van der Waals surface area contributed by atoms with E-state index in [0.29, 0.717) is 43.9 Å². The SMILES string of the molecule is CC(C)(CCCCC(=O)N1CCOCC1)c1ccc(-c2cccc(C(N)=O)c2)c(O)c1. The standard InChI is InChI=1S/C25H32N2O4/c1-25(2,11-4-3-8-23(29)27-12-14-31-15-13-27)20-9-10-21(22(28)17-20)18-6-5-7-19(16-18)24(26)30/h5-7,9-10,16-17,28H,3-4,8,11-15H2,1-2H3,(H2,26,30). The van der Waals surface area contributed by atoms with Gasteiger partial charge in [0.1, 0.15) is 5.75 Å². The molecule has 2 aromatic rings. The van der Waals surface area contributed by atoms with Crippen molar-refractivity contribution in [2.45, 2.75) is 44.9 Å². The fraction of sp³-hybridized carbons (Fsp3) is 0.440. The molecular formula is C25H32N2O4. The van der Waals surface area contributed by atoms with Gasteiger partial charge in [0.05, 0.1) is 13.2 Å². The second-order valence-corrected chi connectivity index (χ2v) is 8.76. The molecule has 3 N–H and O–H groups in total. The third-order valence-electron chi connectivity index (χ3n) is 6.04. The van der Waals surface area contributed by atoms with E-state index >= 15 is 0 Å². The Hall–Kier alpha value is -2.86. The van der Waals surface area contributed by atoms with Crippen LogP contribution in [0.4, 0.5) is 0 Å². The number of phenolic OH excluding ortho intramolecular Hbond substituents is 1. The molecule has 1 heterocycles. The van der Waals surface area contributed by atoms with Gasteiger partial charge in [-0.25, -0.2) is 0 Å². The first-order valence-electron chi connectivity index (χ1n) is 10.9. The third-order valence-corrected chi connectivity index (χ3v) is 6.04. The Morgan fingerprint density at radius 3 is 2.52 bits per heavy atom. The molecule has 166 valence electrons. The zero-order valence-electron chi connectivity index (χ0n) is 18.4. The molecule has 1 fully saturated rings. The van der Waals surface area contributed by atoms with E-state index in [2.05, 4.69) is 13.8 Å². The van der Waals surface area contributed by atoms with Crippen molar-refractivity contribution in [2.24, 2.45) is 5.73 Å². The van der Waals surface area contributed by atoms with Gasteiger partial charge in [0.2, 0.25) is 11.8 Å². The Balaban J connectivity index is 1.59. The van der Waals surface area contributed by atoms with E-state index in [-0.39, 0.29) is 17.1 Å². The molecule has 0 aliphatic carbocycles. The molecule has 2 amide bonds. The van der Waals surface area contributed by atoms with Crippen molar-refractivity contribution in [3.8, 4) is 16.9 Å². The molecule has 0 aromatic heterocycles. The number of nitrogens with zero attached hydrogens (tertiary/aromatic N) is 1. The molecule has 1 aliphatic rings. The quantitative estimate of drug-likeness (QED) is 0.630. The number of benzene rings is 2. The molecule has 1 saturated heterocycles. The number of amides is 2. The first-order valence-corrected chi connectivity index (χ1v) is 10.9. The highest BCUT2D eigenvalue weighted by Crippen LogP contribution is 2.36. The number of morpholine rings is 1. The number of hydrogen-bond acceptors (Lipinski definition) is 4. The molecule has 0 spiro atoms. The minimum atomic E-state index is -0.494. The van der Waals surface area contributed by atoms with Crippen LogP contribution in [0.5, 0.6) is 5.75 Å². The normalized spacial score (nSPS) is 14.5. The lowest BCUT2D eigenvalue weighted by Crippen LogP contribution is -2.40. The van der Waals surface area contributed by atoms with E-state index in [1.807, 2.05) is 23.1 Å². The number of hydrogen-bond donors (Lipinski definition) is 2. The summed E-state index contributed by atoms with van der Waals surface area (Å²) in [5.74, 6) is -0.109. The second kappa shape index (κ2) is 9.96. The number of phenols is 1. The van der Waals surface area contributed by atoms with Crippen molar-refractivity contribution in [3.05, 3.63) is 53.6 Å². The fourth-order valence-corrected chi connectivity index (χ4v) is 4.00. The average molecular weight is 425 g/mol. The molecule has 6 heteroatoms. The van der Waals surface area contributed by atoms with Gasteiger partial charge in [-0.3, -0.25) is 9.59 Å². The van der Waals surface area contributed by atoms with Crippen molar-refractivity contribution >= 4 is 11.8 Å². The Labute approximate surface area is 184 Å². The zero-order valence-corrected chi connectivity index (χ0v) is 18.4. The van der Waals surface area contributed by atoms with Gasteiger partial charge >= 0.3 is 0 Å². The first-order chi connectivity index (χ1) is 14.8. The summed E-state index contributed by atoms with van der Waals surface area (Å²) in [6, 6.07) is 12.6. The molecule has 0 saturated carbocycles.